The molecule has 0 radical (unpaired) electrons. The third-order valence-electron chi connectivity index (χ3n) is 4.00. The van der Waals surface area contributed by atoms with Crippen molar-refractivity contribution in [3.63, 3.8) is 0 Å². The standard InChI is InChI=1S/C18H19N3O6/c1-4-25-18(24)14-11(3)27-16-15(14)17(23)21(9-19-16)8-13(22)20-10(2)12-6-5-7-26-12/h5-7,9-10H,4,8H2,1-3H3,(H,20,22). The van der Waals surface area contributed by atoms with Gasteiger partial charge in [-0.3, -0.25) is 14.2 Å². The largest absolute Gasteiger partial charge is 0.467 e. The van der Waals surface area contributed by atoms with Crippen LogP contribution in [-0.4, -0.2) is 28.0 Å². The molecule has 0 aromatic carbocycles. The molecule has 0 aliphatic rings. The van der Waals surface area contributed by atoms with Crippen LogP contribution in [-0.2, 0) is 16.1 Å². The molecule has 3 heterocycles. The van der Waals surface area contributed by atoms with Gasteiger partial charge in [0.15, 0.2) is 0 Å². The van der Waals surface area contributed by atoms with E-state index < -0.39 is 17.4 Å². The SMILES string of the molecule is CCOC(=O)c1c(C)oc2ncn(CC(=O)NC(C)c3ccco3)c(=O)c12. The van der Waals surface area contributed by atoms with E-state index >= 15 is 0 Å². The number of esters is 1. The Hall–Kier alpha value is -3.36. The first-order valence-corrected chi connectivity index (χ1v) is 8.40. The number of fused-ring (bicyclic) bond motifs is 1. The number of hydrogen-bond acceptors (Lipinski definition) is 7. The minimum atomic E-state index is -0.665. The fourth-order valence-electron chi connectivity index (χ4n) is 2.75. The average Bonchev–Trinajstić information content (AvgIpc) is 3.25. The Labute approximate surface area is 153 Å². The minimum absolute atomic E-state index is 0.000308. The molecule has 0 aliphatic carbocycles. The quantitative estimate of drug-likeness (QED) is 0.656. The van der Waals surface area contributed by atoms with Crippen LogP contribution in [0.5, 0.6) is 0 Å². The number of carbonyl (C=O) groups is 2. The van der Waals surface area contributed by atoms with Crippen LogP contribution in [0.4, 0.5) is 0 Å². The predicted octanol–water partition coefficient (Wildman–Crippen LogP) is 1.95. The van der Waals surface area contributed by atoms with Gasteiger partial charge in [0.2, 0.25) is 11.6 Å². The molecule has 1 atom stereocenters. The van der Waals surface area contributed by atoms with Crippen molar-refractivity contribution in [1.82, 2.24) is 14.9 Å². The van der Waals surface area contributed by atoms with Crippen LogP contribution in [0.25, 0.3) is 11.1 Å². The summed E-state index contributed by atoms with van der Waals surface area (Å²) in [7, 11) is 0. The molecule has 0 saturated heterocycles. The summed E-state index contributed by atoms with van der Waals surface area (Å²) in [6.07, 6.45) is 2.72. The zero-order valence-corrected chi connectivity index (χ0v) is 15.1. The molecule has 0 bridgehead atoms. The number of ether oxygens (including phenoxy) is 1. The Morgan fingerprint density at radius 3 is 2.85 bits per heavy atom. The Bertz CT molecular complexity index is 1030. The summed E-state index contributed by atoms with van der Waals surface area (Å²) in [5.41, 5.74) is -0.495. The van der Waals surface area contributed by atoms with Gasteiger partial charge in [0.05, 0.1) is 18.9 Å². The van der Waals surface area contributed by atoms with Crippen molar-refractivity contribution in [2.24, 2.45) is 0 Å². The van der Waals surface area contributed by atoms with Crippen molar-refractivity contribution < 1.29 is 23.2 Å². The van der Waals surface area contributed by atoms with Gasteiger partial charge in [-0.2, -0.15) is 0 Å². The molecule has 3 aromatic rings. The number of nitrogens with zero attached hydrogens (tertiary/aromatic N) is 2. The highest BCUT2D eigenvalue weighted by molar-refractivity contribution is 6.03. The van der Waals surface area contributed by atoms with Crippen LogP contribution in [0, 0.1) is 6.92 Å². The van der Waals surface area contributed by atoms with Gasteiger partial charge in [0, 0.05) is 0 Å². The highest BCUT2D eigenvalue weighted by Gasteiger charge is 2.24. The molecule has 1 N–H and O–H groups in total. The average molecular weight is 373 g/mol. The van der Waals surface area contributed by atoms with Gasteiger partial charge in [-0.05, 0) is 32.9 Å². The molecule has 9 nitrogen and oxygen atoms in total. The molecular weight excluding hydrogens is 354 g/mol. The second-order valence-corrected chi connectivity index (χ2v) is 5.92. The number of furan rings is 2. The minimum Gasteiger partial charge on any atom is -0.467 e. The predicted molar refractivity (Wildman–Crippen MR) is 94.2 cm³/mol. The fraction of sp³-hybridized carbons (Fsp3) is 0.333. The van der Waals surface area contributed by atoms with Crippen molar-refractivity contribution in [3.05, 3.63) is 52.2 Å². The van der Waals surface area contributed by atoms with Crippen LogP contribution < -0.4 is 10.9 Å². The van der Waals surface area contributed by atoms with E-state index in [1.165, 1.54) is 12.6 Å². The van der Waals surface area contributed by atoms with Gasteiger partial charge < -0.3 is 18.9 Å². The first kappa shape index (κ1) is 18.4. The monoisotopic (exact) mass is 373 g/mol. The second-order valence-electron chi connectivity index (χ2n) is 5.92. The Morgan fingerprint density at radius 1 is 1.41 bits per heavy atom. The molecule has 3 aromatic heterocycles. The second kappa shape index (κ2) is 7.48. The molecule has 9 heteroatoms. The molecule has 0 aliphatic heterocycles. The summed E-state index contributed by atoms with van der Waals surface area (Å²) >= 11 is 0. The summed E-state index contributed by atoms with van der Waals surface area (Å²) < 4.78 is 16.7. The number of aryl methyl sites for hydroxylation is 1. The van der Waals surface area contributed by atoms with E-state index in [1.54, 1.807) is 32.9 Å². The van der Waals surface area contributed by atoms with Gasteiger partial charge in [-0.25, -0.2) is 9.78 Å². The maximum Gasteiger partial charge on any atom is 0.342 e. The van der Waals surface area contributed by atoms with Crippen molar-refractivity contribution in [2.75, 3.05) is 6.61 Å². The van der Waals surface area contributed by atoms with E-state index in [1.807, 2.05) is 0 Å². The normalized spacial score (nSPS) is 12.1. The maximum atomic E-state index is 12.8. The van der Waals surface area contributed by atoms with Crippen molar-refractivity contribution >= 4 is 23.0 Å². The van der Waals surface area contributed by atoms with E-state index in [9.17, 15) is 14.4 Å². The van der Waals surface area contributed by atoms with Crippen molar-refractivity contribution in [3.8, 4) is 0 Å². The van der Waals surface area contributed by atoms with Crippen LogP contribution in [0.15, 0.2) is 38.4 Å². The molecule has 1 amide bonds. The summed E-state index contributed by atoms with van der Waals surface area (Å²) in [5.74, 6) is -0.234. The highest BCUT2D eigenvalue weighted by atomic mass is 16.5. The summed E-state index contributed by atoms with van der Waals surface area (Å²) in [4.78, 5) is 41.2. The molecule has 142 valence electrons. The maximum absolute atomic E-state index is 12.8. The number of carbonyl (C=O) groups excluding carboxylic acids is 2. The first-order valence-electron chi connectivity index (χ1n) is 8.40. The van der Waals surface area contributed by atoms with Gasteiger partial charge in [0.25, 0.3) is 5.56 Å². The third-order valence-corrected chi connectivity index (χ3v) is 4.00. The molecule has 3 rings (SSSR count). The number of rotatable bonds is 6. The lowest BCUT2D eigenvalue weighted by Gasteiger charge is -2.12. The highest BCUT2D eigenvalue weighted by Crippen LogP contribution is 2.21. The van der Waals surface area contributed by atoms with Crippen LogP contribution >= 0.6 is 0 Å². The summed E-state index contributed by atoms with van der Waals surface area (Å²) in [6, 6.07) is 3.11. The van der Waals surface area contributed by atoms with Gasteiger partial charge >= 0.3 is 5.97 Å². The molecule has 1 unspecified atom stereocenters. The molecule has 0 saturated carbocycles. The van der Waals surface area contributed by atoms with Crippen LogP contribution in [0.2, 0.25) is 0 Å². The lowest BCUT2D eigenvalue weighted by atomic mass is 10.2. The summed E-state index contributed by atoms with van der Waals surface area (Å²) in [6.45, 7) is 4.87. The van der Waals surface area contributed by atoms with E-state index in [-0.39, 0.29) is 41.6 Å². The summed E-state index contributed by atoms with van der Waals surface area (Å²) in [5, 5.41) is 2.73. The molecular formula is C18H19N3O6. The Kier molecular flexibility index (Phi) is 5.11. The molecule has 27 heavy (non-hydrogen) atoms. The zero-order chi connectivity index (χ0) is 19.6. The van der Waals surface area contributed by atoms with Gasteiger partial charge in [0.1, 0.15) is 35.3 Å². The van der Waals surface area contributed by atoms with Crippen LogP contribution in [0.1, 0.15) is 41.8 Å². The lowest BCUT2D eigenvalue weighted by Crippen LogP contribution is -2.34. The third kappa shape index (κ3) is 3.62. The van der Waals surface area contributed by atoms with E-state index in [0.717, 1.165) is 4.57 Å². The van der Waals surface area contributed by atoms with Crippen molar-refractivity contribution in [2.45, 2.75) is 33.4 Å². The van der Waals surface area contributed by atoms with Gasteiger partial charge in [-0.1, -0.05) is 0 Å². The Morgan fingerprint density at radius 2 is 2.19 bits per heavy atom. The number of amides is 1. The number of hydrogen-bond donors (Lipinski definition) is 1. The molecule has 0 fully saturated rings. The lowest BCUT2D eigenvalue weighted by molar-refractivity contribution is -0.122. The topological polar surface area (TPSA) is 117 Å². The molecule has 0 spiro atoms. The van der Waals surface area contributed by atoms with E-state index in [2.05, 4.69) is 10.3 Å². The number of aromatic nitrogens is 2. The van der Waals surface area contributed by atoms with Crippen molar-refractivity contribution in [1.29, 1.82) is 0 Å². The van der Waals surface area contributed by atoms with E-state index in [0.29, 0.717) is 5.76 Å². The smallest absolute Gasteiger partial charge is 0.342 e. The van der Waals surface area contributed by atoms with Crippen LogP contribution in [0.3, 0.4) is 0 Å². The first-order chi connectivity index (χ1) is 12.9. The zero-order valence-electron chi connectivity index (χ0n) is 15.1. The number of nitrogens with one attached hydrogen (secondary N) is 1. The fourth-order valence-corrected chi connectivity index (χ4v) is 2.75. The Balaban J connectivity index is 1.88. The van der Waals surface area contributed by atoms with Gasteiger partial charge in [-0.15, -0.1) is 0 Å². The van der Waals surface area contributed by atoms with E-state index in [4.69, 9.17) is 13.6 Å².